The van der Waals surface area contributed by atoms with E-state index in [9.17, 15) is 14.7 Å². The number of benzene rings is 1. The van der Waals surface area contributed by atoms with Crippen molar-refractivity contribution in [3.63, 3.8) is 0 Å². The molecule has 1 fully saturated rings. The highest BCUT2D eigenvalue weighted by Crippen LogP contribution is 2.30. The van der Waals surface area contributed by atoms with Crippen molar-refractivity contribution in [3.05, 3.63) is 54.0 Å². The molecule has 0 aliphatic heterocycles. The Morgan fingerprint density at radius 2 is 1.96 bits per heavy atom. The molecule has 6 heteroatoms. The third-order valence-corrected chi connectivity index (χ3v) is 3.90. The molecule has 1 heterocycles. The number of carbonyl (C=O) groups excluding carboxylic acids is 2. The molecule has 126 valence electrons. The van der Waals surface area contributed by atoms with Gasteiger partial charge < -0.3 is 20.2 Å². The van der Waals surface area contributed by atoms with Crippen LogP contribution in [0.2, 0.25) is 0 Å². The standard InChI is InChI=1S/C18H20N2O4/c21-15(16-2-1-9-24-16)11-19-17(22)10-12-3-7-14(8-4-12)20-18(23)13-5-6-13/h1-4,7-9,13,15,21H,5-6,10-11H2,(H,19,22)(H,20,23). The Balaban J connectivity index is 1.44. The van der Waals surface area contributed by atoms with Crippen LogP contribution in [-0.2, 0) is 16.0 Å². The largest absolute Gasteiger partial charge is 0.467 e. The Bertz CT molecular complexity index is 690. The quantitative estimate of drug-likeness (QED) is 0.725. The molecule has 0 saturated heterocycles. The van der Waals surface area contributed by atoms with E-state index in [1.807, 2.05) is 12.1 Å². The number of hydrogen-bond donors (Lipinski definition) is 3. The van der Waals surface area contributed by atoms with Crippen molar-refractivity contribution < 1.29 is 19.1 Å². The lowest BCUT2D eigenvalue weighted by Gasteiger charge is -2.10. The Kier molecular flexibility index (Phi) is 4.96. The van der Waals surface area contributed by atoms with Gasteiger partial charge in [-0.3, -0.25) is 9.59 Å². The Morgan fingerprint density at radius 1 is 1.21 bits per heavy atom. The minimum absolute atomic E-state index is 0.0624. The number of anilines is 1. The lowest BCUT2D eigenvalue weighted by Crippen LogP contribution is -2.29. The van der Waals surface area contributed by atoms with Crippen LogP contribution in [0.5, 0.6) is 0 Å². The number of aliphatic hydroxyl groups excluding tert-OH is 1. The second kappa shape index (κ2) is 7.31. The van der Waals surface area contributed by atoms with E-state index in [1.165, 1.54) is 6.26 Å². The van der Waals surface area contributed by atoms with Crippen molar-refractivity contribution in [2.45, 2.75) is 25.4 Å². The molecule has 1 atom stereocenters. The maximum absolute atomic E-state index is 11.9. The molecule has 3 N–H and O–H groups in total. The monoisotopic (exact) mass is 328 g/mol. The summed E-state index contributed by atoms with van der Waals surface area (Å²) >= 11 is 0. The molecular weight excluding hydrogens is 308 g/mol. The molecule has 3 rings (SSSR count). The molecular formula is C18H20N2O4. The highest BCUT2D eigenvalue weighted by atomic mass is 16.4. The van der Waals surface area contributed by atoms with Crippen LogP contribution in [-0.4, -0.2) is 23.5 Å². The summed E-state index contributed by atoms with van der Waals surface area (Å²) in [6, 6.07) is 10.5. The van der Waals surface area contributed by atoms with Crippen molar-refractivity contribution in [3.8, 4) is 0 Å². The van der Waals surface area contributed by atoms with Crippen molar-refractivity contribution >= 4 is 17.5 Å². The van der Waals surface area contributed by atoms with Crippen LogP contribution in [0.3, 0.4) is 0 Å². The Hall–Kier alpha value is -2.60. The third-order valence-electron chi connectivity index (χ3n) is 3.90. The Morgan fingerprint density at radius 3 is 2.58 bits per heavy atom. The van der Waals surface area contributed by atoms with Crippen LogP contribution >= 0.6 is 0 Å². The van der Waals surface area contributed by atoms with Gasteiger partial charge in [-0.2, -0.15) is 0 Å². The smallest absolute Gasteiger partial charge is 0.227 e. The van der Waals surface area contributed by atoms with Crippen LogP contribution < -0.4 is 10.6 Å². The summed E-state index contributed by atoms with van der Waals surface area (Å²) < 4.78 is 5.08. The molecule has 0 radical (unpaired) electrons. The summed E-state index contributed by atoms with van der Waals surface area (Å²) in [5.74, 6) is 0.463. The van der Waals surface area contributed by atoms with Crippen molar-refractivity contribution in [1.82, 2.24) is 5.32 Å². The average molecular weight is 328 g/mol. The number of carbonyl (C=O) groups is 2. The zero-order chi connectivity index (χ0) is 16.9. The maximum atomic E-state index is 11.9. The van der Waals surface area contributed by atoms with Crippen LogP contribution in [0.15, 0.2) is 47.1 Å². The van der Waals surface area contributed by atoms with Gasteiger partial charge in [0.2, 0.25) is 11.8 Å². The lowest BCUT2D eigenvalue weighted by atomic mass is 10.1. The summed E-state index contributed by atoms with van der Waals surface area (Å²) in [7, 11) is 0. The third kappa shape index (κ3) is 4.45. The minimum Gasteiger partial charge on any atom is -0.467 e. The number of amides is 2. The fourth-order valence-corrected chi connectivity index (χ4v) is 2.34. The van der Waals surface area contributed by atoms with Gasteiger partial charge in [-0.05, 0) is 42.7 Å². The minimum atomic E-state index is -0.857. The van der Waals surface area contributed by atoms with Crippen LogP contribution in [0, 0.1) is 5.92 Å². The molecule has 1 saturated carbocycles. The highest BCUT2D eigenvalue weighted by Gasteiger charge is 2.29. The summed E-state index contributed by atoms with van der Waals surface area (Å²) in [4.78, 5) is 23.6. The second-order valence-corrected chi connectivity index (χ2v) is 5.97. The fourth-order valence-electron chi connectivity index (χ4n) is 2.34. The topological polar surface area (TPSA) is 91.6 Å². The highest BCUT2D eigenvalue weighted by molar-refractivity contribution is 5.94. The molecule has 1 aromatic carbocycles. The first-order valence-electron chi connectivity index (χ1n) is 8.00. The first-order chi connectivity index (χ1) is 11.6. The van der Waals surface area contributed by atoms with Crippen molar-refractivity contribution in [2.75, 3.05) is 11.9 Å². The van der Waals surface area contributed by atoms with E-state index in [0.29, 0.717) is 5.76 Å². The summed E-state index contributed by atoms with van der Waals surface area (Å²) in [5, 5.41) is 15.4. The molecule has 1 aliphatic rings. The molecule has 1 aromatic heterocycles. The van der Waals surface area contributed by atoms with Crippen LogP contribution in [0.4, 0.5) is 5.69 Å². The molecule has 1 unspecified atom stereocenters. The van der Waals surface area contributed by atoms with E-state index >= 15 is 0 Å². The Labute approximate surface area is 139 Å². The fraction of sp³-hybridized carbons (Fsp3) is 0.333. The zero-order valence-corrected chi connectivity index (χ0v) is 13.2. The average Bonchev–Trinajstić information content (AvgIpc) is 3.29. The number of furan rings is 1. The normalized spacial score (nSPS) is 14.9. The van der Waals surface area contributed by atoms with Gasteiger partial charge in [0, 0.05) is 11.6 Å². The van der Waals surface area contributed by atoms with Gasteiger partial charge in [0.25, 0.3) is 0 Å². The van der Waals surface area contributed by atoms with Gasteiger partial charge in [0.15, 0.2) is 0 Å². The number of rotatable bonds is 7. The van der Waals surface area contributed by atoms with E-state index in [0.717, 1.165) is 24.1 Å². The van der Waals surface area contributed by atoms with E-state index < -0.39 is 6.10 Å². The summed E-state index contributed by atoms with van der Waals surface area (Å²) in [6.45, 7) is 0.0991. The van der Waals surface area contributed by atoms with E-state index in [2.05, 4.69) is 10.6 Å². The zero-order valence-electron chi connectivity index (χ0n) is 13.2. The van der Waals surface area contributed by atoms with Crippen LogP contribution in [0.25, 0.3) is 0 Å². The van der Waals surface area contributed by atoms with Crippen molar-refractivity contribution in [1.29, 1.82) is 0 Å². The van der Waals surface area contributed by atoms with Crippen LogP contribution in [0.1, 0.15) is 30.3 Å². The molecule has 6 nitrogen and oxygen atoms in total. The molecule has 0 spiro atoms. The number of hydrogen-bond acceptors (Lipinski definition) is 4. The predicted molar refractivity (Wildman–Crippen MR) is 88.2 cm³/mol. The van der Waals surface area contributed by atoms with E-state index in [4.69, 9.17) is 4.42 Å². The van der Waals surface area contributed by atoms with Crippen molar-refractivity contribution in [2.24, 2.45) is 5.92 Å². The lowest BCUT2D eigenvalue weighted by molar-refractivity contribution is -0.121. The maximum Gasteiger partial charge on any atom is 0.227 e. The summed E-state index contributed by atoms with van der Waals surface area (Å²) in [5.41, 5.74) is 1.58. The first kappa shape index (κ1) is 16.3. The molecule has 2 aromatic rings. The number of aliphatic hydroxyl groups is 1. The molecule has 2 amide bonds. The van der Waals surface area contributed by atoms with E-state index in [-0.39, 0.29) is 30.7 Å². The number of nitrogens with one attached hydrogen (secondary N) is 2. The second-order valence-electron chi connectivity index (χ2n) is 5.97. The predicted octanol–water partition coefficient (Wildman–Crippen LogP) is 2.02. The SMILES string of the molecule is O=C(Cc1ccc(NC(=O)C2CC2)cc1)NCC(O)c1ccco1. The molecule has 1 aliphatic carbocycles. The van der Waals surface area contributed by atoms with Gasteiger partial charge in [-0.15, -0.1) is 0 Å². The van der Waals surface area contributed by atoms with Gasteiger partial charge >= 0.3 is 0 Å². The molecule has 24 heavy (non-hydrogen) atoms. The summed E-state index contributed by atoms with van der Waals surface area (Å²) in [6.07, 6.45) is 2.76. The molecule has 0 bridgehead atoms. The van der Waals surface area contributed by atoms with Gasteiger partial charge in [0.05, 0.1) is 19.2 Å². The van der Waals surface area contributed by atoms with Gasteiger partial charge in [-0.1, -0.05) is 12.1 Å². The first-order valence-corrected chi connectivity index (χ1v) is 8.00. The van der Waals surface area contributed by atoms with Gasteiger partial charge in [-0.25, -0.2) is 0 Å². The van der Waals surface area contributed by atoms with E-state index in [1.54, 1.807) is 24.3 Å². The van der Waals surface area contributed by atoms with Gasteiger partial charge in [0.1, 0.15) is 11.9 Å².